The number of ether oxygens (including phenoxy) is 4. The van der Waals surface area contributed by atoms with Gasteiger partial charge in [-0.2, -0.15) is 0 Å². The molecule has 0 unspecified atom stereocenters. The van der Waals surface area contributed by atoms with Crippen molar-refractivity contribution in [3.05, 3.63) is 66.0 Å². The van der Waals surface area contributed by atoms with Crippen LogP contribution in [0.25, 0.3) is 10.2 Å². The number of pyridine rings is 1. The number of amides is 1. The lowest BCUT2D eigenvalue weighted by molar-refractivity contribution is 0.0984. The number of carbonyl (C=O) groups is 1. The highest BCUT2D eigenvalue weighted by molar-refractivity contribution is 7.22. The minimum atomic E-state index is -0.267. The molecule has 0 atom stereocenters. The van der Waals surface area contributed by atoms with Crippen molar-refractivity contribution in [3.63, 3.8) is 0 Å². The maximum atomic E-state index is 13.8. The molecule has 2 aromatic carbocycles. The van der Waals surface area contributed by atoms with Gasteiger partial charge in [0, 0.05) is 18.0 Å². The van der Waals surface area contributed by atoms with Gasteiger partial charge in [-0.05, 0) is 35.9 Å². The van der Waals surface area contributed by atoms with Crippen LogP contribution in [0.5, 0.6) is 23.0 Å². The Labute approximate surface area is 195 Å². The average molecular weight is 466 g/mol. The predicted octanol–water partition coefficient (Wildman–Crippen LogP) is 4.57. The number of thiazole rings is 1. The second-order valence-corrected chi connectivity index (χ2v) is 7.98. The first kappa shape index (κ1) is 22.3. The predicted molar refractivity (Wildman–Crippen MR) is 127 cm³/mol. The molecule has 170 valence electrons. The minimum absolute atomic E-state index is 0.267. The normalized spacial score (nSPS) is 10.7. The van der Waals surface area contributed by atoms with Crippen LogP contribution in [0.2, 0.25) is 0 Å². The largest absolute Gasteiger partial charge is 0.494 e. The summed E-state index contributed by atoms with van der Waals surface area (Å²) >= 11 is 1.41. The zero-order chi connectivity index (χ0) is 23.4. The quantitative estimate of drug-likeness (QED) is 0.377. The fourth-order valence-corrected chi connectivity index (χ4v) is 4.43. The molecule has 0 N–H and O–H groups in total. The fourth-order valence-electron chi connectivity index (χ4n) is 3.45. The first-order valence-electron chi connectivity index (χ1n) is 10.0. The zero-order valence-corrected chi connectivity index (χ0v) is 19.5. The Bertz CT molecular complexity index is 1250. The molecular formula is C24H23N3O5S. The minimum Gasteiger partial charge on any atom is -0.494 e. The van der Waals surface area contributed by atoms with E-state index in [-0.39, 0.29) is 12.5 Å². The lowest BCUT2D eigenvalue weighted by Crippen LogP contribution is -2.30. The van der Waals surface area contributed by atoms with E-state index >= 15 is 0 Å². The van der Waals surface area contributed by atoms with E-state index in [1.807, 2.05) is 30.3 Å². The van der Waals surface area contributed by atoms with Gasteiger partial charge in [-0.25, -0.2) is 4.98 Å². The lowest BCUT2D eigenvalue weighted by atomic mass is 10.1. The molecule has 0 spiro atoms. The summed E-state index contributed by atoms with van der Waals surface area (Å²) in [6, 6.07) is 12.7. The monoisotopic (exact) mass is 465 g/mol. The summed E-state index contributed by atoms with van der Waals surface area (Å²) in [6.07, 6.45) is 3.42. The van der Waals surface area contributed by atoms with Gasteiger partial charge in [-0.3, -0.25) is 14.7 Å². The molecule has 8 nitrogen and oxygen atoms in total. The molecule has 0 aliphatic heterocycles. The fraction of sp³-hybridized carbons (Fsp3) is 0.208. The molecule has 4 aromatic rings. The number of para-hydroxylation sites is 1. The molecule has 0 saturated heterocycles. The van der Waals surface area contributed by atoms with Crippen LogP contribution in [0.4, 0.5) is 5.13 Å². The summed E-state index contributed by atoms with van der Waals surface area (Å²) in [5.74, 6) is 1.59. The summed E-state index contributed by atoms with van der Waals surface area (Å²) in [7, 11) is 6.14. The Kier molecular flexibility index (Phi) is 6.60. The smallest absolute Gasteiger partial charge is 0.260 e. The Morgan fingerprint density at radius 1 is 0.939 bits per heavy atom. The number of aromatic nitrogens is 2. The van der Waals surface area contributed by atoms with E-state index in [1.165, 1.54) is 32.7 Å². The summed E-state index contributed by atoms with van der Waals surface area (Å²) < 4.78 is 22.6. The van der Waals surface area contributed by atoms with Gasteiger partial charge in [0.2, 0.25) is 5.75 Å². The number of anilines is 1. The molecule has 0 radical (unpaired) electrons. The maximum Gasteiger partial charge on any atom is 0.260 e. The Morgan fingerprint density at radius 2 is 1.67 bits per heavy atom. The molecule has 0 aliphatic rings. The maximum absolute atomic E-state index is 13.8. The van der Waals surface area contributed by atoms with Crippen molar-refractivity contribution in [2.45, 2.75) is 6.54 Å². The van der Waals surface area contributed by atoms with Crippen LogP contribution >= 0.6 is 11.3 Å². The number of hydrogen-bond acceptors (Lipinski definition) is 8. The molecular weight excluding hydrogens is 442 g/mol. The standard InChI is InChI=1S/C24H23N3O5S/c1-29-17-8-5-9-20-21(17)26-24(33-20)27(14-15-7-6-10-25-13-15)23(28)16-11-18(30-2)22(32-4)19(12-16)31-3/h5-13H,14H2,1-4H3. The highest BCUT2D eigenvalue weighted by Gasteiger charge is 2.25. The Balaban J connectivity index is 1.83. The van der Waals surface area contributed by atoms with Gasteiger partial charge in [0.05, 0.1) is 39.7 Å². The van der Waals surface area contributed by atoms with E-state index < -0.39 is 0 Å². The average Bonchev–Trinajstić information content (AvgIpc) is 3.30. The van der Waals surface area contributed by atoms with Crippen molar-refractivity contribution in [1.82, 2.24) is 9.97 Å². The summed E-state index contributed by atoms with van der Waals surface area (Å²) in [5, 5.41) is 0.539. The van der Waals surface area contributed by atoms with Crippen LogP contribution in [0.3, 0.4) is 0 Å². The first-order valence-corrected chi connectivity index (χ1v) is 10.9. The van der Waals surface area contributed by atoms with E-state index in [1.54, 1.807) is 36.5 Å². The molecule has 1 amide bonds. The van der Waals surface area contributed by atoms with Crippen molar-refractivity contribution in [2.24, 2.45) is 0 Å². The topological polar surface area (TPSA) is 83.0 Å². The molecule has 2 aromatic heterocycles. The molecule has 2 heterocycles. The van der Waals surface area contributed by atoms with Gasteiger partial charge < -0.3 is 18.9 Å². The van der Waals surface area contributed by atoms with Crippen LogP contribution in [0.1, 0.15) is 15.9 Å². The van der Waals surface area contributed by atoms with Gasteiger partial charge in [-0.15, -0.1) is 0 Å². The highest BCUT2D eigenvalue weighted by Crippen LogP contribution is 2.40. The third-order valence-corrected chi connectivity index (χ3v) is 6.09. The molecule has 33 heavy (non-hydrogen) atoms. The van der Waals surface area contributed by atoms with Crippen molar-refractivity contribution in [1.29, 1.82) is 0 Å². The Hall–Kier alpha value is -3.85. The van der Waals surface area contributed by atoms with Crippen LogP contribution in [0.15, 0.2) is 54.9 Å². The van der Waals surface area contributed by atoms with Crippen LogP contribution < -0.4 is 23.8 Å². The molecule has 0 aliphatic carbocycles. The number of fused-ring (bicyclic) bond motifs is 1. The van der Waals surface area contributed by atoms with Gasteiger partial charge >= 0.3 is 0 Å². The van der Waals surface area contributed by atoms with E-state index in [0.717, 1.165) is 10.3 Å². The SMILES string of the molecule is COc1cc(C(=O)N(Cc2cccnc2)c2nc3c(OC)cccc3s2)cc(OC)c1OC. The van der Waals surface area contributed by atoms with E-state index in [2.05, 4.69) is 4.98 Å². The van der Waals surface area contributed by atoms with Gasteiger partial charge in [0.1, 0.15) is 11.3 Å². The number of rotatable bonds is 8. The number of benzene rings is 2. The van der Waals surface area contributed by atoms with Crippen LogP contribution in [-0.2, 0) is 6.54 Å². The summed E-state index contributed by atoms with van der Waals surface area (Å²) in [6.45, 7) is 0.283. The number of carbonyl (C=O) groups excluding carboxylic acids is 1. The van der Waals surface area contributed by atoms with Crippen molar-refractivity contribution < 1.29 is 23.7 Å². The lowest BCUT2D eigenvalue weighted by Gasteiger charge is -2.21. The van der Waals surface area contributed by atoms with Gasteiger partial charge in [0.25, 0.3) is 5.91 Å². The second-order valence-electron chi connectivity index (χ2n) is 6.97. The molecule has 9 heteroatoms. The van der Waals surface area contributed by atoms with Gasteiger partial charge in [0.15, 0.2) is 16.6 Å². The molecule has 0 bridgehead atoms. The van der Waals surface area contributed by atoms with Crippen LogP contribution in [-0.4, -0.2) is 44.3 Å². The van der Waals surface area contributed by atoms with Crippen molar-refractivity contribution in [2.75, 3.05) is 33.3 Å². The summed E-state index contributed by atoms with van der Waals surface area (Å²) in [5.41, 5.74) is 1.94. The van der Waals surface area contributed by atoms with Gasteiger partial charge in [-0.1, -0.05) is 23.5 Å². The number of hydrogen-bond donors (Lipinski definition) is 0. The number of methoxy groups -OCH3 is 4. The van der Waals surface area contributed by atoms with E-state index in [9.17, 15) is 4.79 Å². The first-order chi connectivity index (χ1) is 16.1. The van der Waals surface area contributed by atoms with Crippen LogP contribution in [0, 0.1) is 0 Å². The Morgan fingerprint density at radius 3 is 2.27 bits per heavy atom. The van der Waals surface area contributed by atoms with E-state index in [0.29, 0.717) is 39.2 Å². The number of nitrogens with zero attached hydrogens (tertiary/aromatic N) is 3. The third-order valence-electron chi connectivity index (χ3n) is 5.04. The summed E-state index contributed by atoms with van der Waals surface area (Å²) in [4.78, 5) is 24.3. The van der Waals surface area contributed by atoms with Crippen molar-refractivity contribution >= 4 is 32.6 Å². The van der Waals surface area contributed by atoms with E-state index in [4.69, 9.17) is 23.9 Å². The highest BCUT2D eigenvalue weighted by atomic mass is 32.1. The molecule has 0 saturated carbocycles. The molecule has 0 fully saturated rings. The van der Waals surface area contributed by atoms with Crippen molar-refractivity contribution in [3.8, 4) is 23.0 Å². The second kappa shape index (κ2) is 9.74. The molecule has 4 rings (SSSR count). The zero-order valence-electron chi connectivity index (χ0n) is 18.7. The third kappa shape index (κ3) is 4.40.